The Morgan fingerprint density at radius 3 is 2.96 bits per heavy atom. The highest BCUT2D eigenvalue weighted by atomic mass is 35.5. The molecule has 0 aliphatic carbocycles. The number of hydrogen-bond donors (Lipinski definition) is 2. The zero-order valence-corrected chi connectivity index (χ0v) is 14.6. The van der Waals surface area contributed by atoms with Gasteiger partial charge in [-0.15, -0.1) is 0 Å². The maximum absolute atomic E-state index is 12.5. The quantitative estimate of drug-likeness (QED) is 0.738. The number of imidazole rings is 1. The molecule has 0 bridgehead atoms. The molecule has 2 N–H and O–H groups in total. The fraction of sp³-hybridized carbons (Fsp3) is 0.167. The largest absolute Gasteiger partial charge is 0.495 e. The van der Waals surface area contributed by atoms with Gasteiger partial charge in [-0.1, -0.05) is 23.7 Å². The summed E-state index contributed by atoms with van der Waals surface area (Å²) in [4.78, 5) is 29.2. The molecule has 0 radical (unpaired) electrons. The van der Waals surface area contributed by atoms with Crippen molar-refractivity contribution in [3.8, 4) is 5.75 Å². The maximum atomic E-state index is 12.5. The highest BCUT2D eigenvalue weighted by Crippen LogP contribution is 2.33. The van der Waals surface area contributed by atoms with Crippen LogP contribution < -0.4 is 15.4 Å². The second-order valence-corrected chi connectivity index (χ2v) is 6.33. The molecule has 0 saturated carbocycles. The van der Waals surface area contributed by atoms with E-state index in [0.717, 1.165) is 11.0 Å². The van der Waals surface area contributed by atoms with Crippen molar-refractivity contribution in [2.75, 3.05) is 17.7 Å². The van der Waals surface area contributed by atoms with Gasteiger partial charge in [0, 0.05) is 5.02 Å². The summed E-state index contributed by atoms with van der Waals surface area (Å²) < 4.78 is 6.98. The van der Waals surface area contributed by atoms with Gasteiger partial charge < -0.3 is 10.1 Å². The Balaban J connectivity index is 1.59. The molecule has 1 aliphatic heterocycles. The minimum atomic E-state index is -0.664. The van der Waals surface area contributed by atoms with Crippen molar-refractivity contribution in [1.82, 2.24) is 9.55 Å². The van der Waals surface area contributed by atoms with Gasteiger partial charge in [0.2, 0.25) is 17.8 Å². The Morgan fingerprint density at radius 2 is 2.15 bits per heavy atom. The van der Waals surface area contributed by atoms with Crippen LogP contribution in [0.15, 0.2) is 42.5 Å². The number of ether oxygens (including phenoxy) is 1. The Labute approximate surface area is 153 Å². The van der Waals surface area contributed by atoms with E-state index in [2.05, 4.69) is 15.6 Å². The van der Waals surface area contributed by atoms with Crippen LogP contribution in [0.3, 0.4) is 0 Å². The standard InChI is InChI=1S/C18H15ClN4O3/c1-26-15-7-6-10(19)8-12(15)20-16(24)9-14-17(25)22-18-21-11-4-2-3-5-13(11)23(14)18/h2-8,14H,9H2,1H3,(H,20,24)(H,21,22,25). The normalized spacial score (nSPS) is 15.6. The molecule has 132 valence electrons. The Bertz CT molecular complexity index is 1030. The summed E-state index contributed by atoms with van der Waals surface area (Å²) in [5.41, 5.74) is 2.03. The Kier molecular flexibility index (Phi) is 4.00. The Morgan fingerprint density at radius 1 is 1.35 bits per heavy atom. The van der Waals surface area contributed by atoms with Crippen molar-refractivity contribution < 1.29 is 14.3 Å². The van der Waals surface area contributed by atoms with Crippen LogP contribution in [0.5, 0.6) is 5.75 Å². The second kappa shape index (κ2) is 6.34. The van der Waals surface area contributed by atoms with E-state index >= 15 is 0 Å². The molecular formula is C18H15ClN4O3. The molecular weight excluding hydrogens is 356 g/mol. The molecule has 2 aromatic carbocycles. The van der Waals surface area contributed by atoms with Crippen LogP contribution in [0.1, 0.15) is 12.5 Å². The number of amides is 2. The third kappa shape index (κ3) is 2.76. The van der Waals surface area contributed by atoms with Crippen LogP contribution >= 0.6 is 11.6 Å². The summed E-state index contributed by atoms with van der Waals surface area (Å²) in [5, 5.41) is 5.96. The minimum Gasteiger partial charge on any atom is -0.495 e. The number of para-hydroxylation sites is 2. The highest BCUT2D eigenvalue weighted by Gasteiger charge is 2.34. The molecule has 26 heavy (non-hydrogen) atoms. The molecule has 7 nitrogen and oxygen atoms in total. The lowest BCUT2D eigenvalue weighted by Gasteiger charge is -2.14. The van der Waals surface area contributed by atoms with Crippen molar-refractivity contribution >= 4 is 46.1 Å². The number of methoxy groups -OCH3 is 1. The zero-order chi connectivity index (χ0) is 18.3. The number of halogens is 1. The van der Waals surface area contributed by atoms with Gasteiger partial charge in [-0.3, -0.25) is 19.5 Å². The van der Waals surface area contributed by atoms with Crippen LogP contribution in [0, 0.1) is 0 Å². The van der Waals surface area contributed by atoms with Crippen LogP contribution in [0.2, 0.25) is 5.02 Å². The molecule has 0 fully saturated rings. The lowest BCUT2D eigenvalue weighted by molar-refractivity contribution is -0.123. The van der Waals surface area contributed by atoms with Crippen LogP contribution in [0.25, 0.3) is 11.0 Å². The number of carbonyl (C=O) groups excluding carboxylic acids is 2. The zero-order valence-electron chi connectivity index (χ0n) is 13.8. The summed E-state index contributed by atoms with van der Waals surface area (Å²) >= 11 is 5.98. The molecule has 2 heterocycles. The van der Waals surface area contributed by atoms with E-state index in [4.69, 9.17) is 16.3 Å². The van der Waals surface area contributed by atoms with Gasteiger partial charge in [0.05, 0.1) is 30.3 Å². The monoisotopic (exact) mass is 370 g/mol. The van der Waals surface area contributed by atoms with E-state index in [9.17, 15) is 9.59 Å². The van der Waals surface area contributed by atoms with E-state index in [0.29, 0.717) is 22.4 Å². The number of carbonyl (C=O) groups is 2. The number of aromatic nitrogens is 2. The predicted molar refractivity (Wildman–Crippen MR) is 98.7 cm³/mol. The van der Waals surface area contributed by atoms with E-state index in [1.165, 1.54) is 7.11 Å². The summed E-state index contributed by atoms with van der Waals surface area (Å²) in [6.45, 7) is 0. The molecule has 3 aromatic rings. The topological polar surface area (TPSA) is 85.2 Å². The average molecular weight is 371 g/mol. The number of benzene rings is 2. The first-order valence-corrected chi connectivity index (χ1v) is 8.36. The van der Waals surface area contributed by atoms with Crippen molar-refractivity contribution in [2.24, 2.45) is 0 Å². The average Bonchev–Trinajstić information content (AvgIpc) is 3.11. The first-order chi connectivity index (χ1) is 12.6. The van der Waals surface area contributed by atoms with Crippen LogP contribution in [-0.4, -0.2) is 28.5 Å². The molecule has 1 aromatic heterocycles. The molecule has 1 atom stereocenters. The number of nitrogens with zero attached hydrogens (tertiary/aromatic N) is 2. The van der Waals surface area contributed by atoms with E-state index in [1.807, 2.05) is 24.3 Å². The maximum Gasteiger partial charge on any atom is 0.250 e. The number of anilines is 2. The summed E-state index contributed by atoms with van der Waals surface area (Å²) in [7, 11) is 1.51. The molecule has 1 unspecified atom stereocenters. The summed E-state index contributed by atoms with van der Waals surface area (Å²) in [6, 6.07) is 11.8. The summed E-state index contributed by atoms with van der Waals surface area (Å²) in [6.07, 6.45) is -0.0329. The van der Waals surface area contributed by atoms with Gasteiger partial charge in [-0.05, 0) is 30.3 Å². The van der Waals surface area contributed by atoms with Crippen molar-refractivity contribution in [1.29, 1.82) is 0 Å². The van der Waals surface area contributed by atoms with Gasteiger partial charge in [0.25, 0.3) is 0 Å². The van der Waals surface area contributed by atoms with E-state index < -0.39 is 6.04 Å². The first-order valence-electron chi connectivity index (χ1n) is 7.98. The smallest absolute Gasteiger partial charge is 0.250 e. The van der Waals surface area contributed by atoms with Gasteiger partial charge >= 0.3 is 0 Å². The lowest BCUT2D eigenvalue weighted by Crippen LogP contribution is -2.23. The van der Waals surface area contributed by atoms with E-state index in [1.54, 1.807) is 22.8 Å². The number of fused-ring (bicyclic) bond motifs is 3. The minimum absolute atomic E-state index is 0.0329. The number of rotatable bonds is 4. The highest BCUT2D eigenvalue weighted by molar-refractivity contribution is 6.31. The first kappa shape index (κ1) is 16.4. The molecule has 0 saturated heterocycles. The van der Waals surface area contributed by atoms with Crippen LogP contribution in [-0.2, 0) is 9.59 Å². The molecule has 4 rings (SSSR count). The fourth-order valence-electron chi connectivity index (χ4n) is 3.10. The molecule has 0 spiro atoms. The van der Waals surface area contributed by atoms with Gasteiger partial charge in [0.15, 0.2) is 0 Å². The van der Waals surface area contributed by atoms with Crippen LogP contribution in [0.4, 0.5) is 11.6 Å². The van der Waals surface area contributed by atoms with Crippen molar-refractivity contribution in [3.63, 3.8) is 0 Å². The number of hydrogen-bond acceptors (Lipinski definition) is 4. The van der Waals surface area contributed by atoms with Gasteiger partial charge in [-0.25, -0.2) is 4.98 Å². The molecule has 1 aliphatic rings. The van der Waals surface area contributed by atoms with Gasteiger partial charge in [-0.2, -0.15) is 0 Å². The van der Waals surface area contributed by atoms with Crippen molar-refractivity contribution in [3.05, 3.63) is 47.5 Å². The third-order valence-electron chi connectivity index (χ3n) is 4.26. The number of nitrogens with one attached hydrogen (secondary N) is 2. The van der Waals surface area contributed by atoms with E-state index in [-0.39, 0.29) is 18.2 Å². The fourth-order valence-corrected chi connectivity index (χ4v) is 3.27. The van der Waals surface area contributed by atoms with Crippen molar-refractivity contribution in [2.45, 2.75) is 12.5 Å². The lowest BCUT2D eigenvalue weighted by atomic mass is 10.1. The summed E-state index contributed by atoms with van der Waals surface area (Å²) in [5.74, 6) is 0.365. The van der Waals surface area contributed by atoms with Gasteiger partial charge in [0.1, 0.15) is 11.8 Å². The Hall–Kier alpha value is -3.06. The third-order valence-corrected chi connectivity index (χ3v) is 4.49. The SMILES string of the molecule is COc1ccc(Cl)cc1NC(=O)CC1C(=O)Nc2nc3ccccc3n21. The molecule has 8 heteroatoms. The predicted octanol–water partition coefficient (Wildman–Crippen LogP) is 3.22. The second-order valence-electron chi connectivity index (χ2n) is 5.90. The molecule has 2 amide bonds.